The topological polar surface area (TPSA) is 50.4 Å². The van der Waals surface area contributed by atoms with E-state index in [0.717, 1.165) is 31.7 Å². The summed E-state index contributed by atoms with van der Waals surface area (Å²) in [6.07, 6.45) is 0. The summed E-state index contributed by atoms with van der Waals surface area (Å²) in [5, 5.41) is 10.1. The lowest BCUT2D eigenvalue weighted by atomic mass is 10.1. The van der Waals surface area contributed by atoms with Crippen LogP contribution in [0.4, 0.5) is 5.69 Å². The van der Waals surface area contributed by atoms with Crippen LogP contribution in [0.2, 0.25) is 0 Å². The van der Waals surface area contributed by atoms with Gasteiger partial charge in [0.25, 0.3) is 5.91 Å². The maximum absolute atomic E-state index is 12.9. The van der Waals surface area contributed by atoms with E-state index in [0.29, 0.717) is 11.3 Å². The summed E-state index contributed by atoms with van der Waals surface area (Å²) in [7, 11) is 1.54. The third-order valence-electron chi connectivity index (χ3n) is 4.65. The van der Waals surface area contributed by atoms with E-state index in [2.05, 4.69) is 26.6 Å². The second-order valence-corrected chi connectivity index (χ2v) is 7.63. The molecule has 2 N–H and O–H groups in total. The van der Waals surface area contributed by atoms with Gasteiger partial charge in [-0.05, 0) is 56.4 Å². The number of rotatable bonds is 3. The molecule has 29 heavy (non-hydrogen) atoms. The van der Waals surface area contributed by atoms with Crippen molar-refractivity contribution in [2.45, 2.75) is 0 Å². The number of methoxy groups -OCH3 is 1. The molecule has 0 aliphatic heterocycles. The number of fused-ring (bicyclic) bond motifs is 2. The van der Waals surface area contributed by atoms with Gasteiger partial charge in [-0.25, -0.2) is 0 Å². The highest BCUT2D eigenvalue weighted by atomic mass is 79.9. The normalized spacial score (nSPS) is 10.7. The molecule has 0 atom stereocenters. The number of benzene rings is 4. The van der Waals surface area contributed by atoms with Crippen molar-refractivity contribution in [2.24, 2.45) is 0 Å². The van der Waals surface area contributed by atoms with Crippen molar-refractivity contribution in [3.63, 3.8) is 0 Å². The fraction of sp³-hybridized carbons (Fsp3) is 0.0435. The third-order valence-corrected chi connectivity index (χ3v) is 5.65. The molecule has 4 nitrogen and oxygen atoms in total. The van der Waals surface area contributed by atoms with Crippen LogP contribution in [-0.4, -0.2) is 18.1 Å². The number of carbonyl (C=O) groups is 1. The van der Waals surface area contributed by atoms with Crippen LogP contribution in [0.3, 0.4) is 0 Å². The molecule has 4 rings (SSSR count). The molecule has 0 aromatic heterocycles. The zero-order valence-electron chi connectivity index (χ0n) is 15.5. The Morgan fingerprint density at radius 2 is 1.59 bits per heavy atom. The lowest BCUT2D eigenvalue weighted by Gasteiger charge is -2.15. The molecule has 0 saturated carbocycles. The largest absolute Gasteiger partial charge is 0.495 e. The molecule has 0 bridgehead atoms. The first-order chi connectivity index (χ1) is 14.1. The molecule has 0 spiro atoms. The number of amides is 1. The first kappa shape index (κ1) is 19.4. The summed E-state index contributed by atoms with van der Waals surface area (Å²) in [4.78, 5) is 12.9. The average molecular weight is 465 g/mol. The summed E-state index contributed by atoms with van der Waals surface area (Å²) in [6.45, 7) is 0. The van der Waals surface area contributed by atoms with Gasteiger partial charge in [-0.1, -0.05) is 60.7 Å². The minimum absolute atomic E-state index is 0.220. The Bertz CT molecular complexity index is 1250. The predicted octanol–water partition coefficient (Wildman–Crippen LogP) is 5.89. The summed E-state index contributed by atoms with van der Waals surface area (Å²) in [6, 6.07) is 23.5. The third kappa shape index (κ3) is 3.81. The van der Waals surface area contributed by atoms with Crippen LogP contribution in [0, 0.1) is 0 Å². The molecule has 6 heteroatoms. The molecule has 4 aromatic carbocycles. The minimum Gasteiger partial charge on any atom is -0.495 e. The molecular weight excluding hydrogens is 448 g/mol. The van der Waals surface area contributed by atoms with Crippen LogP contribution in [0.1, 0.15) is 10.4 Å². The van der Waals surface area contributed by atoms with E-state index in [-0.39, 0.29) is 11.0 Å². The van der Waals surface area contributed by atoms with E-state index in [1.54, 1.807) is 13.2 Å². The molecule has 0 fully saturated rings. The second kappa shape index (κ2) is 8.19. The highest BCUT2D eigenvalue weighted by Gasteiger charge is 2.19. The van der Waals surface area contributed by atoms with Gasteiger partial charge in [-0.15, -0.1) is 0 Å². The van der Waals surface area contributed by atoms with Gasteiger partial charge in [0.15, 0.2) is 5.11 Å². The van der Waals surface area contributed by atoms with Gasteiger partial charge in [-0.3, -0.25) is 10.1 Å². The van der Waals surface area contributed by atoms with Crippen LogP contribution < -0.4 is 15.4 Å². The van der Waals surface area contributed by atoms with Crippen LogP contribution in [0.15, 0.2) is 77.3 Å². The van der Waals surface area contributed by atoms with Crippen LogP contribution in [0.5, 0.6) is 5.75 Å². The Morgan fingerprint density at radius 3 is 2.34 bits per heavy atom. The number of thiocarbonyl (C=S) groups is 1. The van der Waals surface area contributed by atoms with Crippen LogP contribution in [0.25, 0.3) is 21.5 Å². The highest BCUT2D eigenvalue weighted by Crippen LogP contribution is 2.36. The average Bonchev–Trinajstić information content (AvgIpc) is 2.74. The van der Waals surface area contributed by atoms with Gasteiger partial charge < -0.3 is 10.1 Å². The molecule has 0 aliphatic carbocycles. The van der Waals surface area contributed by atoms with Crippen LogP contribution >= 0.6 is 28.1 Å². The Labute approximate surface area is 182 Å². The van der Waals surface area contributed by atoms with E-state index in [9.17, 15) is 4.79 Å². The van der Waals surface area contributed by atoms with Gasteiger partial charge >= 0.3 is 0 Å². The number of halogens is 1. The van der Waals surface area contributed by atoms with Crippen molar-refractivity contribution in [3.8, 4) is 5.75 Å². The minimum atomic E-state index is -0.342. The predicted molar refractivity (Wildman–Crippen MR) is 126 cm³/mol. The molecule has 0 unspecified atom stereocenters. The number of nitrogens with one attached hydrogen (secondary N) is 2. The molecule has 0 heterocycles. The van der Waals surface area contributed by atoms with Crippen molar-refractivity contribution >= 4 is 66.4 Å². The highest BCUT2D eigenvalue weighted by molar-refractivity contribution is 9.10. The number of carbonyl (C=O) groups excluding carboxylic acids is 1. The van der Waals surface area contributed by atoms with Crippen molar-refractivity contribution < 1.29 is 9.53 Å². The standard InChI is InChI=1S/C23H17BrN2O2S/c1-28-21-18(13-15-8-3-5-11-17(15)20(21)24)22(27)26-23(29)25-19-12-6-9-14-7-2-4-10-16(14)19/h2-13H,1H3,(H2,25,26,27,29). The summed E-state index contributed by atoms with van der Waals surface area (Å²) >= 11 is 8.94. The van der Waals surface area contributed by atoms with Gasteiger partial charge in [0.1, 0.15) is 5.75 Å². The fourth-order valence-electron chi connectivity index (χ4n) is 3.31. The van der Waals surface area contributed by atoms with Gasteiger partial charge in [-0.2, -0.15) is 0 Å². The molecule has 0 saturated heterocycles. The number of ether oxygens (including phenoxy) is 1. The first-order valence-corrected chi connectivity index (χ1v) is 10.1. The quantitative estimate of drug-likeness (QED) is 0.371. The van der Waals surface area contributed by atoms with E-state index < -0.39 is 0 Å². The molecule has 1 amide bonds. The van der Waals surface area contributed by atoms with E-state index in [1.807, 2.05) is 66.7 Å². The van der Waals surface area contributed by atoms with Crippen molar-refractivity contribution in [1.29, 1.82) is 0 Å². The SMILES string of the molecule is COc1c(C(=O)NC(=S)Nc2cccc3ccccc23)cc2ccccc2c1Br. The number of hydrogen-bond donors (Lipinski definition) is 2. The van der Waals surface area contributed by atoms with Crippen molar-refractivity contribution in [1.82, 2.24) is 5.32 Å². The Morgan fingerprint density at radius 1 is 0.931 bits per heavy atom. The zero-order chi connectivity index (χ0) is 20.4. The second-order valence-electron chi connectivity index (χ2n) is 6.43. The monoisotopic (exact) mass is 464 g/mol. The molecular formula is C23H17BrN2O2S. The van der Waals surface area contributed by atoms with Crippen molar-refractivity contribution in [3.05, 3.63) is 82.8 Å². The van der Waals surface area contributed by atoms with Gasteiger partial charge in [0.2, 0.25) is 0 Å². The smallest absolute Gasteiger partial charge is 0.261 e. The lowest BCUT2D eigenvalue weighted by Crippen LogP contribution is -2.34. The van der Waals surface area contributed by atoms with E-state index >= 15 is 0 Å². The van der Waals surface area contributed by atoms with Crippen molar-refractivity contribution in [2.75, 3.05) is 12.4 Å². The fourth-order valence-corrected chi connectivity index (χ4v) is 4.25. The lowest BCUT2D eigenvalue weighted by molar-refractivity contribution is 0.0975. The van der Waals surface area contributed by atoms with Crippen LogP contribution in [-0.2, 0) is 0 Å². The first-order valence-electron chi connectivity index (χ1n) is 8.94. The molecule has 4 aromatic rings. The number of anilines is 1. The summed E-state index contributed by atoms with van der Waals surface area (Å²) < 4.78 is 6.22. The Hall–Kier alpha value is -2.96. The Kier molecular flexibility index (Phi) is 5.47. The maximum atomic E-state index is 12.9. The molecule has 0 radical (unpaired) electrons. The maximum Gasteiger partial charge on any atom is 0.261 e. The summed E-state index contributed by atoms with van der Waals surface area (Å²) in [5.74, 6) is 0.125. The molecule has 144 valence electrons. The summed E-state index contributed by atoms with van der Waals surface area (Å²) in [5.41, 5.74) is 1.24. The zero-order valence-corrected chi connectivity index (χ0v) is 17.9. The molecule has 0 aliphatic rings. The Balaban J connectivity index is 1.61. The van der Waals surface area contributed by atoms with Gasteiger partial charge in [0.05, 0.1) is 17.1 Å². The number of hydrogen-bond acceptors (Lipinski definition) is 3. The van der Waals surface area contributed by atoms with E-state index in [4.69, 9.17) is 17.0 Å². The van der Waals surface area contributed by atoms with Gasteiger partial charge in [0, 0.05) is 11.1 Å². The van der Waals surface area contributed by atoms with E-state index in [1.165, 1.54) is 0 Å².